The van der Waals surface area contributed by atoms with Crippen molar-refractivity contribution in [3.05, 3.63) is 34.6 Å². The molecule has 1 N–H and O–H groups in total. The maximum Gasteiger partial charge on any atom is 0.338 e. The van der Waals surface area contributed by atoms with Crippen molar-refractivity contribution < 1.29 is 19.1 Å². The SMILES string of the molecule is CC(=O)N1CCc2cc(C(=O)O)c(F)cc2C1. The first-order chi connectivity index (χ1) is 7.99. The molecule has 1 amide bonds. The smallest absolute Gasteiger partial charge is 0.338 e. The van der Waals surface area contributed by atoms with E-state index in [0.717, 1.165) is 5.56 Å². The van der Waals surface area contributed by atoms with E-state index in [1.165, 1.54) is 19.1 Å². The predicted octanol–water partition coefficient (Wildman–Crippen LogP) is 1.43. The van der Waals surface area contributed by atoms with E-state index in [4.69, 9.17) is 5.11 Å². The summed E-state index contributed by atoms with van der Waals surface area (Å²) in [4.78, 5) is 23.6. The van der Waals surface area contributed by atoms with E-state index in [0.29, 0.717) is 25.1 Å². The molecule has 1 aliphatic rings. The lowest BCUT2D eigenvalue weighted by Gasteiger charge is -2.28. The first-order valence-electron chi connectivity index (χ1n) is 5.29. The summed E-state index contributed by atoms with van der Waals surface area (Å²) in [6.07, 6.45) is 0.565. The Labute approximate surface area is 97.7 Å². The van der Waals surface area contributed by atoms with Crippen LogP contribution in [0, 0.1) is 5.82 Å². The number of fused-ring (bicyclic) bond motifs is 1. The van der Waals surface area contributed by atoms with Gasteiger partial charge in [-0.2, -0.15) is 0 Å². The van der Waals surface area contributed by atoms with Gasteiger partial charge in [0, 0.05) is 20.0 Å². The van der Waals surface area contributed by atoms with Crippen LogP contribution >= 0.6 is 0 Å². The minimum atomic E-state index is -1.26. The fraction of sp³-hybridized carbons (Fsp3) is 0.333. The van der Waals surface area contributed by atoms with Gasteiger partial charge in [0.15, 0.2) is 0 Å². The highest BCUT2D eigenvalue weighted by molar-refractivity contribution is 5.88. The molecule has 90 valence electrons. The van der Waals surface area contributed by atoms with Crippen LogP contribution in [-0.4, -0.2) is 28.4 Å². The van der Waals surface area contributed by atoms with Gasteiger partial charge in [-0.15, -0.1) is 0 Å². The lowest BCUT2D eigenvalue weighted by molar-refractivity contribution is -0.129. The molecule has 2 rings (SSSR count). The molecule has 1 aromatic carbocycles. The Morgan fingerprint density at radius 3 is 2.65 bits per heavy atom. The highest BCUT2D eigenvalue weighted by Crippen LogP contribution is 2.22. The summed E-state index contributed by atoms with van der Waals surface area (Å²) >= 11 is 0. The van der Waals surface area contributed by atoms with Crippen LogP contribution in [0.15, 0.2) is 12.1 Å². The second kappa shape index (κ2) is 4.16. The first-order valence-corrected chi connectivity index (χ1v) is 5.29. The van der Waals surface area contributed by atoms with E-state index in [9.17, 15) is 14.0 Å². The lowest BCUT2D eigenvalue weighted by Crippen LogP contribution is -2.34. The van der Waals surface area contributed by atoms with Gasteiger partial charge in [0.05, 0.1) is 5.56 Å². The molecular weight excluding hydrogens is 225 g/mol. The van der Waals surface area contributed by atoms with Crippen molar-refractivity contribution in [3.8, 4) is 0 Å². The number of aromatic carboxylic acids is 1. The highest BCUT2D eigenvalue weighted by atomic mass is 19.1. The molecule has 0 saturated heterocycles. The van der Waals surface area contributed by atoms with Crippen molar-refractivity contribution in [1.82, 2.24) is 4.90 Å². The number of carboxylic acid groups (broad SMARTS) is 1. The number of halogens is 1. The summed E-state index contributed by atoms with van der Waals surface area (Å²) in [7, 11) is 0. The summed E-state index contributed by atoms with van der Waals surface area (Å²) < 4.78 is 13.5. The number of nitrogens with zero attached hydrogens (tertiary/aromatic N) is 1. The predicted molar refractivity (Wildman–Crippen MR) is 58.2 cm³/mol. The Bertz CT molecular complexity index is 499. The van der Waals surface area contributed by atoms with Gasteiger partial charge in [-0.25, -0.2) is 9.18 Å². The Morgan fingerprint density at radius 2 is 2.06 bits per heavy atom. The number of rotatable bonds is 1. The Kier molecular flexibility index (Phi) is 2.83. The summed E-state index contributed by atoms with van der Waals surface area (Å²) in [5.74, 6) is -2.07. The monoisotopic (exact) mass is 237 g/mol. The summed E-state index contributed by atoms with van der Waals surface area (Å²) in [5.41, 5.74) is 1.19. The number of carbonyl (C=O) groups excluding carboxylic acids is 1. The fourth-order valence-electron chi connectivity index (χ4n) is 2.01. The minimum absolute atomic E-state index is 0.0571. The number of carbonyl (C=O) groups is 2. The molecule has 1 aliphatic heterocycles. The second-order valence-corrected chi connectivity index (χ2v) is 4.10. The Balaban J connectivity index is 2.38. The lowest BCUT2D eigenvalue weighted by atomic mass is 9.97. The van der Waals surface area contributed by atoms with Crippen LogP contribution in [0.2, 0.25) is 0 Å². The summed E-state index contributed by atoms with van der Waals surface area (Å²) in [5, 5.41) is 8.80. The van der Waals surface area contributed by atoms with E-state index < -0.39 is 11.8 Å². The number of hydrogen-bond acceptors (Lipinski definition) is 2. The number of amides is 1. The van der Waals surface area contributed by atoms with Crippen molar-refractivity contribution in [1.29, 1.82) is 0 Å². The van der Waals surface area contributed by atoms with Crippen molar-refractivity contribution in [3.63, 3.8) is 0 Å². The third kappa shape index (κ3) is 2.13. The largest absolute Gasteiger partial charge is 0.478 e. The van der Waals surface area contributed by atoms with Gasteiger partial charge >= 0.3 is 5.97 Å². The van der Waals surface area contributed by atoms with E-state index in [1.54, 1.807) is 4.90 Å². The zero-order chi connectivity index (χ0) is 12.6. The van der Waals surface area contributed by atoms with Gasteiger partial charge in [-0.3, -0.25) is 4.79 Å². The summed E-state index contributed by atoms with van der Waals surface area (Å²) in [6, 6.07) is 2.58. The van der Waals surface area contributed by atoms with Crippen molar-refractivity contribution in [2.24, 2.45) is 0 Å². The van der Waals surface area contributed by atoms with Crippen LogP contribution in [0.3, 0.4) is 0 Å². The fourth-order valence-corrected chi connectivity index (χ4v) is 2.01. The van der Waals surface area contributed by atoms with E-state index in [-0.39, 0.29) is 11.5 Å². The molecule has 0 atom stereocenters. The van der Waals surface area contributed by atoms with E-state index in [1.807, 2.05) is 0 Å². The van der Waals surface area contributed by atoms with Gasteiger partial charge < -0.3 is 10.0 Å². The van der Waals surface area contributed by atoms with Crippen LogP contribution in [-0.2, 0) is 17.8 Å². The quantitative estimate of drug-likeness (QED) is 0.803. The molecule has 17 heavy (non-hydrogen) atoms. The molecule has 5 heteroatoms. The zero-order valence-electron chi connectivity index (χ0n) is 9.36. The molecule has 0 aromatic heterocycles. The molecule has 1 heterocycles. The van der Waals surface area contributed by atoms with Gasteiger partial charge in [0.25, 0.3) is 0 Å². The Hall–Kier alpha value is -1.91. The topological polar surface area (TPSA) is 57.6 Å². The number of benzene rings is 1. The highest BCUT2D eigenvalue weighted by Gasteiger charge is 2.21. The molecular formula is C12H12FNO3. The van der Waals surface area contributed by atoms with Gasteiger partial charge in [-0.1, -0.05) is 0 Å². The van der Waals surface area contributed by atoms with Gasteiger partial charge in [-0.05, 0) is 29.7 Å². The van der Waals surface area contributed by atoms with Crippen molar-refractivity contribution >= 4 is 11.9 Å². The molecule has 0 unspecified atom stereocenters. The third-order valence-electron chi connectivity index (χ3n) is 2.98. The molecule has 0 bridgehead atoms. The maximum absolute atomic E-state index is 13.5. The van der Waals surface area contributed by atoms with Crippen LogP contribution in [0.1, 0.15) is 28.4 Å². The molecule has 0 fully saturated rings. The summed E-state index contributed by atoms with van der Waals surface area (Å²) in [6.45, 7) is 2.36. The molecule has 0 radical (unpaired) electrons. The average molecular weight is 237 g/mol. The Morgan fingerprint density at radius 1 is 1.35 bits per heavy atom. The van der Waals surface area contributed by atoms with Gasteiger partial charge in [0.1, 0.15) is 5.82 Å². The van der Waals surface area contributed by atoms with E-state index >= 15 is 0 Å². The standard InChI is InChI=1S/C12H12FNO3/c1-7(15)14-3-2-8-4-10(12(16)17)11(13)5-9(8)6-14/h4-5H,2-3,6H2,1H3,(H,16,17). The zero-order valence-corrected chi connectivity index (χ0v) is 9.36. The molecule has 4 nitrogen and oxygen atoms in total. The van der Waals surface area contributed by atoms with Crippen LogP contribution in [0.4, 0.5) is 4.39 Å². The number of hydrogen-bond donors (Lipinski definition) is 1. The number of carboxylic acids is 1. The molecule has 0 aliphatic carbocycles. The van der Waals surface area contributed by atoms with Gasteiger partial charge in [0.2, 0.25) is 5.91 Å². The van der Waals surface area contributed by atoms with Crippen molar-refractivity contribution in [2.45, 2.75) is 19.9 Å². The minimum Gasteiger partial charge on any atom is -0.478 e. The average Bonchev–Trinajstić information content (AvgIpc) is 2.26. The normalized spacial score (nSPS) is 14.4. The first kappa shape index (κ1) is 11.6. The van der Waals surface area contributed by atoms with Crippen LogP contribution in [0.25, 0.3) is 0 Å². The van der Waals surface area contributed by atoms with Crippen LogP contribution in [0.5, 0.6) is 0 Å². The third-order valence-corrected chi connectivity index (χ3v) is 2.98. The second-order valence-electron chi connectivity index (χ2n) is 4.10. The molecule has 0 saturated carbocycles. The van der Waals surface area contributed by atoms with E-state index in [2.05, 4.69) is 0 Å². The van der Waals surface area contributed by atoms with Crippen LogP contribution < -0.4 is 0 Å². The molecule has 1 aromatic rings. The molecule has 0 spiro atoms. The maximum atomic E-state index is 13.5. The van der Waals surface area contributed by atoms with Crippen molar-refractivity contribution in [2.75, 3.05) is 6.54 Å².